The van der Waals surface area contributed by atoms with Crippen molar-refractivity contribution in [2.24, 2.45) is 0 Å². The van der Waals surface area contributed by atoms with Crippen LogP contribution in [0.2, 0.25) is 0 Å². The van der Waals surface area contributed by atoms with Crippen LogP contribution in [0, 0.1) is 11.8 Å². The van der Waals surface area contributed by atoms with E-state index < -0.39 is 0 Å². The van der Waals surface area contributed by atoms with E-state index >= 15 is 0 Å². The molecule has 0 spiro atoms. The maximum absolute atomic E-state index is 10.6. The van der Waals surface area contributed by atoms with Crippen molar-refractivity contribution in [1.29, 1.82) is 0 Å². The number of carbonyl (C=O) groups is 1. The van der Waals surface area contributed by atoms with Gasteiger partial charge in [0, 0.05) is 24.2 Å². The number of hydrogen-bond donors (Lipinski definition) is 0. The number of ether oxygens (including phenoxy) is 1. The summed E-state index contributed by atoms with van der Waals surface area (Å²) in [5.74, 6) is 7.07. The molecule has 4 heteroatoms. The molecule has 0 atom stereocenters. The Morgan fingerprint density at radius 3 is 2.55 bits per heavy atom. The zero-order chi connectivity index (χ0) is 15.2. The summed E-state index contributed by atoms with van der Waals surface area (Å²) in [6, 6.07) is 9.17. The third-order valence-corrected chi connectivity index (χ3v) is 3.53. The summed E-state index contributed by atoms with van der Waals surface area (Å²) in [6.45, 7) is 4.23. The van der Waals surface area contributed by atoms with Crippen LogP contribution in [0.15, 0.2) is 41.0 Å². The van der Waals surface area contributed by atoms with Gasteiger partial charge in [-0.1, -0.05) is 24.0 Å². The van der Waals surface area contributed by atoms with Crippen LogP contribution in [0.4, 0.5) is 0 Å². The van der Waals surface area contributed by atoms with E-state index in [1.807, 2.05) is 18.2 Å². The lowest BCUT2D eigenvalue weighted by atomic mass is 10.1. The van der Waals surface area contributed by atoms with E-state index in [1.165, 1.54) is 0 Å². The predicted octanol–water partition coefficient (Wildman–Crippen LogP) is 2.32. The van der Waals surface area contributed by atoms with E-state index in [-0.39, 0.29) is 0 Å². The monoisotopic (exact) mass is 295 g/mol. The molecule has 22 heavy (non-hydrogen) atoms. The summed E-state index contributed by atoms with van der Waals surface area (Å²) in [5, 5.41) is 0. The summed E-state index contributed by atoms with van der Waals surface area (Å²) >= 11 is 0. The molecule has 0 amide bonds. The highest BCUT2D eigenvalue weighted by Crippen LogP contribution is 2.11. The molecular weight excluding hydrogens is 278 g/mol. The molecular formula is C18H17NO3. The second kappa shape index (κ2) is 7.08. The Bertz CT molecular complexity index is 685. The molecule has 1 aliphatic heterocycles. The third-order valence-electron chi connectivity index (χ3n) is 3.53. The molecule has 0 unspecified atom stereocenters. The van der Waals surface area contributed by atoms with Crippen molar-refractivity contribution in [2.75, 3.05) is 26.3 Å². The number of aldehydes is 1. The molecule has 1 aromatic carbocycles. The van der Waals surface area contributed by atoms with Crippen LogP contribution >= 0.6 is 0 Å². The maximum atomic E-state index is 10.6. The summed E-state index contributed by atoms with van der Waals surface area (Å²) in [4.78, 5) is 12.9. The number of nitrogens with zero attached hydrogens (tertiary/aromatic N) is 1. The molecule has 1 fully saturated rings. The number of rotatable bonds is 3. The maximum Gasteiger partial charge on any atom is 0.150 e. The number of morpholine rings is 1. The van der Waals surface area contributed by atoms with Gasteiger partial charge in [-0.3, -0.25) is 9.69 Å². The first kappa shape index (κ1) is 14.6. The van der Waals surface area contributed by atoms with Crippen LogP contribution in [0.3, 0.4) is 0 Å². The number of hydrogen-bond acceptors (Lipinski definition) is 4. The molecule has 0 aliphatic carbocycles. The third kappa shape index (κ3) is 3.85. The van der Waals surface area contributed by atoms with Gasteiger partial charge in [0.2, 0.25) is 0 Å². The van der Waals surface area contributed by atoms with Gasteiger partial charge in [-0.25, -0.2) is 0 Å². The molecule has 0 bridgehead atoms. The zero-order valence-electron chi connectivity index (χ0n) is 12.2. The second-order valence-electron chi connectivity index (χ2n) is 5.18. The lowest BCUT2D eigenvalue weighted by Crippen LogP contribution is -2.35. The number of furan rings is 1. The van der Waals surface area contributed by atoms with E-state index in [2.05, 4.69) is 16.7 Å². The van der Waals surface area contributed by atoms with Crippen molar-refractivity contribution >= 4 is 6.29 Å². The van der Waals surface area contributed by atoms with Gasteiger partial charge in [-0.05, 0) is 18.2 Å². The fourth-order valence-corrected chi connectivity index (χ4v) is 2.30. The fourth-order valence-electron chi connectivity index (χ4n) is 2.30. The molecule has 2 aromatic rings. The predicted molar refractivity (Wildman–Crippen MR) is 82.6 cm³/mol. The Labute approximate surface area is 129 Å². The summed E-state index contributed by atoms with van der Waals surface area (Å²) in [6.07, 6.45) is 2.51. The fraction of sp³-hybridized carbons (Fsp3) is 0.278. The Kier molecular flexibility index (Phi) is 4.69. The Morgan fingerprint density at radius 1 is 1.09 bits per heavy atom. The first-order valence-electron chi connectivity index (χ1n) is 7.28. The van der Waals surface area contributed by atoms with Crippen LogP contribution in [-0.4, -0.2) is 37.5 Å². The zero-order valence-corrected chi connectivity index (χ0v) is 12.2. The number of benzene rings is 1. The molecule has 4 nitrogen and oxygen atoms in total. The highest BCUT2D eigenvalue weighted by Gasteiger charge is 2.12. The minimum Gasteiger partial charge on any atom is -0.467 e. The van der Waals surface area contributed by atoms with E-state index in [1.54, 1.807) is 18.4 Å². The van der Waals surface area contributed by atoms with E-state index in [0.717, 1.165) is 56.0 Å². The van der Waals surface area contributed by atoms with Crippen molar-refractivity contribution in [3.8, 4) is 11.8 Å². The molecule has 1 aromatic heterocycles. The summed E-state index contributed by atoms with van der Waals surface area (Å²) in [7, 11) is 0. The minimum absolute atomic E-state index is 0.654. The van der Waals surface area contributed by atoms with E-state index in [9.17, 15) is 4.79 Å². The average molecular weight is 295 g/mol. The molecule has 112 valence electrons. The molecule has 3 rings (SSSR count). The molecule has 0 radical (unpaired) electrons. The summed E-state index contributed by atoms with van der Waals surface area (Å²) in [5.41, 5.74) is 2.39. The highest BCUT2D eigenvalue weighted by atomic mass is 16.5. The Balaban J connectivity index is 1.63. The Morgan fingerprint density at radius 2 is 1.82 bits per heavy atom. The average Bonchev–Trinajstić information content (AvgIpc) is 3.02. The van der Waals surface area contributed by atoms with Gasteiger partial charge >= 0.3 is 0 Å². The van der Waals surface area contributed by atoms with Crippen LogP contribution in [0.25, 0.3) is 0 Å². The van der Waals surface area contributed by atoms with Crippen LogP contribution in [0.5, 0.6) is 0 Å². The van der Waals surface area contributed by atoms with E-state index in [4.69, 9.17) is 9.15 Å². The highest BCUT2D eigenvalue weighted by molar-refractivity contribution is 5.74. The van der Waals surface area contributed by atoms with Crippen LogP contribution < -0.4 is 0 Å². The minimum atomic E-state index is 0.654. The Hall–Kier alpha value is -2.35. The molecule has 0 saturated carbocycles. The smallest absolute Gasteiger partial charge is 0.150 e. The first-order valence-corrected chi connectivity index (χ1v) is 7.28. The van der Waals surface area contributed by atoms with Gasteiger partial charge in [-0.15, -0.1) is 0 Å². The molecule has 0 N–H and O–H groups in total. The van der Waals surface area contributed by atoms with Crippen molar-refractivity contribution in [3.63, 3.8) is 0 Å². The second-order valence-corrected chi connectivity index (χ2v) is 5.18. The molecule has 1 saturated heterocycles. The number of carbonyl (C=O) groups excluding carboxylic acids is 1. The largest absolute Gasteiger partial charge is 0.467 e. The van der Waals surface area contributed by atoms with E-state index in [0.29, 0.717) is 5.56 Å². The van der Waals surface area contributed by atoms with Gasteiger partial charge in [0.1, 0.15) is 18.3 Å². The van der Waals surface area contributed by atoms with Gasteiger partial charge in [0.05, 0.1) is 25.3 Å². The van der Waals surface area contributed by atoms with Crippen molar-refractivity contribution in [2.45, 2.75) is 6.54 Å². The SMILES string of the molecule is O=Cc1ccc(C#Cc2coc(CN3CCOCC3)c2)cc1. The topological polar surface area (TPSA) is 42.7 Å². The summed E-state index contributed by atoms with van der Waals surface area (Å²) < 4.78 is 10.9. The molecule has 2 heterocycles. The normalized spacial score (nSPS) is 15.1. The van der Waals surface area contributed by atoms with Crippen molar-refractivity contribution in [1.82, 2.24) is 4.90 Å². The quantitative estimate of drug-likeness (QED) is 0.644. The van der Waals surface area contributed by atoms with Crippen molar-refractivity contribution in [3.05, 3.63) is 59.0 Å². The van der Waals surface area contributed by atoms with Crippen LogP contribution in [-0.2, 0) is 11.3 Å². The first-order chi connectivity index (χ1) is 10.8. The van der Waals surface area contributed by atoms with Crippen molar-refractivity contribution < 1.29 is 13.9 Å². The standard InChI is InChI=1S/C18H17NO3/c20-13-16-4-1-15(2-5-16)3-6-17-11-18(22-14-17)12-19-7-9-21-10-8-19/h1-2,4-5,11,13-14H,7-10,12H2. The molecule has 1 aliphatic rings. The van der Waals surface area contributed by atoms with Gasteiger partial charge in [0.25, 0.3) is 0 Å². The van der Waals surface area contributed by atoms with Crippen LogP contribution in [0.1, 0.15) is 27.2 Å². The lowest BCUT2D eigenvalue weighted by Gasteiger charge is -2.25. The lowest BCUT2D eigenvalue weighted by molar-refractivity contribution is 0.0313. The van der Waals surface area contributed by atoms with Gasteiger partial charge in [-0.2, -0.15) is 0 Å². The van der Waals surface area contributed by atoms with Gasteiger partial charge in [0.15, 0.2) is 0 Å². The van der Waals surface area contributed by atoms with Gasteiger partial charge < -0.3 is 9.15 Å².